The van der Waals surface area contributed by atoms with Gasteiger partial charge in [0.05, 0.1) is 12.8 Å². The second kappa shape index (κ2) is 6.75. The Morgan fingerprint density at radius 1 is 1.26 bits per heavy atom. The summed E-state index contributed by atoms with van der Waals surface area (Å²) in [6.07, 6.45) is -0.736. The zero-order valence-corrected chi connectivity index (χ0v) is 10.6. The first kappa shape index (κ1) is 15.0. The van der Waals surface area contributed by atoms with Gasteiger partial charge in [-0.15, -0.1) is 0 Å². The molecule has 0 radical (unpaired) electrons. The number of carboxylic acid groups (broad SMARTS) is 2. The van der Waals surface area contributed by atoms with Crippen molar-refractivity contribution in [1.29, 1.82) is 0 Å². The fourth-order valence-electron chi connectivity index (χ4n) is 1.45. The highest BCUT2D eigenvalue weighted by molar-refractivity contribution is 6.30. The third-order valence-corrected chi connectivity index (χ3v) is 2.50. The minimum absolute atomic E-state index is 0.0655. The Morgan fingerprint density at radius 3 is 2.47 bits per heavy atom. The van der Waals surface area contributed by atoms with Crippen LogP contribution in [-0.2, 0) is 20.8 Å². The lowest BCUT2D eigenvalue weighted by Crippen LogP contribution is -2.42. The molecule has 0 saturated heterocycles. The fourth-order valence-corrected chi connectivity index (χ4v) is 1.67. The van der Waals surface area contributed by atoms with Crippen molar-refractivity contribution in [1.82, 2.24) is 5.32 Å². The van der Waals surface area contributed by atoms with Crippen molar-refractivity contribution >= 4 is 29.4 Å². The zero-order valence-electron chi connectivity index (χ0n) is 9.80. The number of aliphatic carboxylic acids is 2. The summed E-state index contributed by atoms with van der Waals surface area (Å²) in [4.78, 5) is 32.9. The Bertz CT molecular complexity index is 503. The van der Waals surface area contributed by atoms with Crippen LogP contribution in [0.2, 0.25) is 5.02 Å². The minimum atomic E-state index is -1.44. The maximum atomic E-state index is 11.6. The summed E-state index contributed by atoms with van der Waals surface area (Å²) in [5, 5.41) is 19.9. The molecule has 102 valence electrons. The number of rotatable bonds is 6. The molecule has 0 spiro atoms. The summed E-state index contributed by atoms with van der Waals surface area (Å²) in [5.74, 6) is -3.26. The van der Waals surface area contributed by atoms with Gasteiger partial charge in [-0.05, 0) is 17.7 Å². The van der Waals surface area contributed by atoms with Crippen molar-refractivity contribution < 1.29 is 24.6 Å². The van der Waals surface area contributed by atoms with Crippen LogP contribution in [-0.4, -0.2) is 34.1 Å². The SMILES string of the molecule is O=C(O)C[C@H](NC(=O)Cc1cccc(Cl)c1)C(=O)O. The van der Waals surface area contributed by atoms with E-state index in [4.69, 9.17) is 21.8 Å². The Morgan fingerprint density at radius 2 is 1.95 bits per heavy atom. The number of hydrogen-bond acceptors (Lipinski definition) is 3. The zero-order chi connectivity index (χ0) is 14.4. The molecule has 0 saturated carbocycles. The average molecular weight is 286 g/mol. The molecule has 0 heterocycles. The highest BCUT2D eigenvalue weighted by Gasteiger charge is 2.22. The van der Waals surface area contributed by atoms with E-state index in [1.165, 1.54) is 0 Å². The summed E-state index contributed by atoms with van der Waals surface area (Å²) >= 11 is 5.75. The number of benzene rings is 1. The van der Waals surface area contributed by atoms with Gasteiger partial charge < -0.3 is 15.5 Å². The van der Waals surface area contributed by atoms with E-state index in [-0.39, 0.29) is 6.42 Å². The summed E-state index contributed by atoms with van der Waals surface area (Å²) < 4.78 is 0. The predicted octanol–water partition coefficient (Wildman–Crippen LogP) is 0.927. The Hall–Kier alpha value is -2.08. The molecule has 1 aromatic rings. The molecule has 0 unspecified atom stereocenters. The minimum Gasteiger partial charge on any atom is -0.481 e. The van der Waals surface area contributed by atoms with Gasteiger partial charge in [0.25, 0.3) is 0 Å². The molecular weight excluding hydrogens is 274 g/mol. The van der Waals surface area contributed by atoms with Crippen molar-refractivity contribution in [2.75, 3.05) is 0 Å². The van der Waals surface area contributed by atoms with E-state index < -0.39 is 30.3 Å². The van der Waals surface area contributed by atoms with Crippen LogP contribution in [0.5, 0.6) is 0 Å². The molecular formula is C12H12ClNO5. The van der Waals surface area contributed by atoms with E-state index in [0.717, 1.165) is 0 Å². The van der Waals surface area contributed by atoms with Gasteiger partial charge >= 0.3 is 11.9 Å². The molecule has 0 aliphatic carbocycles. The predicted molar refractivity (Wildman–Crippen MR) is 67.0 cm³/mol. The molecule has 7 heteroatoms. The second-order valence-corrected chi connectivity index (χ2v) is 4.30. The highest BCUT2D eigenvalue weighted by atomic mass is 35.5. The quantitative estimate of drug-likeness (QED) is 0.721. The van der Waals surface area contributed by atoms with Crippen molar-refractivity contribution in [3.05, 3.63) is 34.9 Å². The smallest absolute Gasteiger partial charge is 0.326 e. The Labute approximate surface area is 114 Å². The molecule has 1 rings (SSSR count). The van der Waals surface area contributed by atoms with Gasteiger partial charge in [-0.3, -0.25) is 9.59 Å². The van der Waals surface area contributed by atoms with E-state index in [2.05, 4.69) is 5.32 Å². The maximum Gasteiger partial charge on any atom is 0.326 e. The number of nitrogens with one attached hydrogen (secondary N) is 1. The second-order valence-electron chi connectivity index (χ2n) is 3.86. The van der Waals surface area contributed by atoms with Gasteiger partial charge in [-0.1, -0.05) is 23.7 Å². The maximum absolute atomic E-state index is 11.6. The van der Waals surface area contributed by atoms with E-state index in [1.54, 1.807) is 24.3 Å². The lowest BCUT2D eigenvalue weighted by atomic mass is 10.1. The molecule has 0 fully saturated rings. The molecule has 19 heavy (non-hydrogen) atoms. The Balaban J connectivity index is 2.62. The fraction of sp³-hybridized carbons (Fsp3) is 0.250. The molecule has 0 aromatic heterocycles. The standard InChI is InChI=1S/C12H12ClNO5/c13-8-3-1-2-7(4-8)5-10(15)14-9(12(18)19)6-11(16)17/h1-4,9H,5-6H2,(H,14,15)(H,16,17)(H,18,19)/t9-/m0/s1. The third kappa shape index (κ3) is 5.39. The molecule has 0 aliphatic heterocycles. The highest BCUT2D eigenvalue weighted by Crippen LogP contribution is 2.11. The number of amides is 1. The first-order valence-electron chi connectivity index (χ1n) is 5.37. The van der Waals surface area contributed by atoms with Crippen LogP contribution in [0.4, 0.5) is 0 Å². The lowest BCUT2D eigenvalue weighted by Gasteiger charge is -2.12. The van der Waals surface area contributed by atoms with E-state index in [0.29, 0.717) is 10.6 Å². The van der Waals surface area contributed by atoms with Crippen molar-refractivity contribution in [3.8, 4) is 0 Å². The number of carboxylic acids is 2. The molecule has 0 aliphatic rings. The number of hydrogen-bond donors (Lipinski definition) is 3. The van der Waals surface area contributed by atoms with Crippen LogP contribution >= 0.6 is 11.6 Å². The molecule has 1 atom stereocenters. The van der Waals surface area contributed by atoms with Gasteiger partial charge in [-0.2, -0.15) is 0 Å². The molecule has 6 nitrogen and oxygen atoms in total. The normalized spacial score (nSPS) is 11.6. The number of carbonyl (C=O) groups is 3. The molecule has 0 bridgehead atoms. The summed E-state index contributed by atoms with van der Waals surface area (Å²) in [5.41, 5.74) is 0.615. The van der Waals surface area contributed by atoms with Crippen LogP contribution in [0.1, 0.15) is 12.0 Å². The molecule has 1 amide bonds. The first-order valence-corrected chi connectivity index (χ1v) is 5.74. The first-order chi connectivity index (χ1) is 8.88. The summed E-state index contributed by atoms with van der Waals surface area (Å²) in [6.45, 7) is 0. The monoisotopic (exact) mass is 285 g/mol. The molecule has 1 aromatic carbocycles. The van der Waals surface area contributed by atoms with Crippen LogP contribution < -0.4 is 5.32 Å². The van der Waals surface area contributed by atoms with Gasteiger partial charge in [0.1, 0.15) is 6.04 Å². The van der Waals surface area contributed by atoms with Crippen LogP contribution in [0.3, 0.4) is 0 Å². The van der Waals surface area contributed by atoms with Gasteiger partial charge in [0.2, 0.25) is 5.91 Å². The lowest BCUT2D eigenvalue weighted by molar-refractivity contribution is -0.147. The Kier molecular flexibility index (Phi) is 5.32. The average Bonchev–Trinajstić information content (AvgIpc) is 2.27. The van der Waals surface area contributed by atoms with Gasteiger partial charge in [0, 0.05) is 5.02 Å². The largest absolute Gasteiger partial charge is 0.481 e. The van der Waals surface area contributed by atoms with Crippen molar-refractivity contribution in [2.45, 2.75) is 18.9 Å². The van der Waals surface area contributed by atoms with Crippen LogP contribution in [0.15, 0.2) is 24.3 Å². The number of carbonyl (C=O) groups excluding carboxylic acids is 1. The molecule has 3 N–H and O–H groups in total. The summed E-state index contributed by atoms with van der Waals surface area (Å²) in [7, 11) is 0. The van der Waals surface area contributed by atoms with Crippen LogP contribution in [0, 0.1) is 0 Å². The van der Waals surface area contributed by atoms with Crippen LogP contribution in [0.25, 0.3) is 0 Å². The van der Waals surface area contributed by atoms with E-state index >= 15 is 0 Å². The summed E-state index contributed by atoms with van der Waals surface area (Å²) in [6, 6.07) is 5.11. The third-order valence-electron chi connectivity index (χ3n) is 2.27. The van der Waals surface area contributed by atoms with Gasteiger partial charge in [0.15, 0.2) is 0 Å². The van der Waals surface area contributed by atoms with Crippen molar-refractivity contribution in [3.63, 3.8) is 0 Å². The van der Waals surface area contributed by atoms with E-state index in [9.17, 15) is 14.4 Å². The van der Waals surface area contributed by atoms with Gasteiger partial charge in [-0.25, -0.2) is 4.79 Å². The van der Waals surface area contributed by atoms with Crippen molar-refractivity contribution in [2.24, 2.45) is 0 Å². The van der Waals surface area contributed by atoms with E-state index in [1.807, 2.05) is 0 Å². The topological polar surface area (TPSA) is 104 Å². The number of halogens is 1.